The summed E-state index contributed by atoms with van der Waals surface area (Å²) in [5.74, 6) is 1.62. The van der Waals surface area contributed by atoms with Crippen molar-refractivity contribution in [3.8, 4) is 17.4 Å². The molecule has 1 amide bonds. The molecule has 0 aliphatic carbocycles. The lowest BCUT2D eigenvalue weighted by Crippen LogP contribution is -2.30. The Kier molecular flexibility index (Phi) is 5.55. The van der Waals surface area contributed by atoms with E-state index in [1.165, 1.54) is 11.3 Å². The number of amides is 1. The molecule has 0 saturated carbocycles. The van der Waals surface area contributed by atoms with E-state index >= 15 is 0 Å². The zero-order valence-corrected chi connectivity index (χ0v) is 17.4. The number of H-pyrrole nitrogens is 1. The van der Waals surface area contributed by atoms with E-state index in [0.29, 0.717) is 17.0 Å². The van der Waals surface area contributed by atoms with Crippen LogP contribution < -0.4 is 4.74 Å². The third-order valence-electron chi connectivity index (χ3n) is 4.85. The van der Waals surface area contributed by atoms with Gasteiger partial charge in [-0.15, -0.1) is 11.3 Å². The van der Waals surface area contributed by atoms with E-state index in [-0.39, 0.29) is 18.0 Å². The van der Waals surface area contributed by atoms with Gasteiger partial charge in [0.1, 0.15) is 18.1 Å². The molecule has 1 aliphatic rings. The Morgan fingerprint density at radius 2 is 1.79 bits per heavy atom. The first kappa shape index (κ1) is 19.5. The molecule has 150 valence electrons. The monoisotopic (exact) mass is 428 g/mol. The van der Waals surface area contributed by atoms with E-state index in [0.717, 1.165) is 33.9 Å². The quantitative estimate of drug-likeness (QED) is 0.547. The minimum absolute atomic E-state index is 0.0685. The molecule has 1 fully saturated rings. The number of nitrogens with one attached hydrogen (secondary N) is 1. The fraction of sp³-hybridized carbons (Fsp3) is 0.238. The Bertz CT molecular complexity index is 1060. The predicted molar refractivity (Wildman–Crippen MR) is 114 cm³/mol. The molecule has 2 N–H and O–H groups in total. The van der Waals surface area contributed by atoms with Crippen LogP contribution >= 0.6 is 23.6 Å². The summed E-state index contributed by atoms with van der Waals surface area (Å²) in [6.45, 7) is 0.426. The molecule has 3 aromatic rings. The fourth-order valence-corrected chi connectivity index (χ4v) is 4.32. The van der Waals surface area contributed by atoms with Crippen LogP contribution in [-0.2, 0) is 17.6 Å². The SMILES string of the molecule is CN1C(=O)OCC1Cc1ccc(Oc2ccc(Cc3sc(=S)[nH]c3O)cc2)cc1. The molecule has 0 spiro atoms. The van der Waals surface area contributed by atoms with Crippen LogP contribution in [-0.4, -0.2) is 40.8 Å². The highest BCUT2D eigenvalue weighted by molar-refractivity contribution is 7.73. The molecular formula is C21H20N2O4S2. The molecule has 2 aromatic carbocycles. The average molecular weight is 429 g/mol. The van der Waals surface area contributed by atoms with Gasteiger partial charge in [-0.05, 0) is 54.0 Å². The van der Waals surface area contributed by atoms with Crippen LogP contribution in [0.3, 0.4) is 0 Å². The standard InChI is InChI=1S/C21H20N2O4S2/c1-23-15(12-26-21(23)25)10-13-2-6-16(7-3-13)27-17-8-4-14(5-9-17)11-18-19(24)22-20(28)29-18/h2-9,15,24H,10-12H2,1H3,(H,22,28). The van der Waals surface area contributed by atoms with Gasteiger partial charge in [0, 0.05) is 13.5 Å². The number of carbonyl (C=O) groups excluding carboxylic acids is 1. The van der Waals surface area contributed by atoms with Gasteiger partial charge in [-0.2, -0.15) is 0 Å². The first-order valence-electron chi connectivity index (χ1n) is 9.14. The third kappa shape index (κ3) is 4.60. The van der Waals surface area contributed by atoms with Crippen LogP contribution in [0.25, 0.3) is 0 Å². The molecule has 2 heterocycles. The molecule has 8 heteroatoms. The van der Waals surface area contributed by atoms with Crippen molar-refractivity contribution in [2.24, 2.45) is 0 Å². The molecule has 1 saturated heterocycles. The van der Waals surface area contributed by atoms with Gasteiger partial charge in [0.25, 0.3) is 0 Å². The average Bonchev–Trinajstić information content (AvgIpc) is 3.19. The summed E-state index contributed by atoms with van der Waals surface area (Å²) in [7, 11) is 1.76. The molecule has 1 atom stereocenters. The lowest BCUT2D eigenvalue weighted by molar-refractivity contribution is 0.163. The number of aromatic hydroxyl groups is 1. The van der Waals surface area contributed by atoms with E-state index in [1.54, 1.807) is 11.9 Å². The number of likely N-dealkylation sites (N-methyl/N-ethyl adjacent to an activating group) is 1. The molecule has 29 heavy (non-hydrogen) atoms. The largest absolute Gasteiger partial charge is 0.494 e. The Labute approximate surface area is 177 Å². The summed E-state index contributed by atoms with van der Waals surface area (Å²) in [4.78, 5) is 16.6. The van der Waals surface area contributed by atoms with Crippen LogP contribution in [0.1, 0.15) is 16.0 Å². The maximum absolute atomic E-state index is 11.4. The smallest absolute Gasteiger partial charge is 0.409 e. The van der Waals surface area contributed by atoms with E-state index in [1.807, 2.05) is 48.5 Å². The third-order valence-corrected chi connectivity index (χ3v) is 6.08. The first-order valence-corrected chi connectivity index (χ1v) is 10.4. The van der Waals surface area contributed by atoms with Crippen LogP contribution in [0.2, 0.25) is 0 Å². The predicted octanol–water partition coefficient (Wildman–Crippen LogP) is 4.89. The van der Waals surface area contributed by atoms with Crippen molar-refractivity contribution in [2.45, 2.75) is 18.9 Å². The van der Waals surface area contributed by atoms with Crippen LogP contribution in [0.15, 0.2) is 48.5 Å². The van der Waals surface area contributed by atoms with E-state index in [2.05, 4.69) is 4.98 Å². The topological polar surface area (TPSA) is 74.8 Å². The van der Waals surface area contributed by atoms with Gasteiger partial charge >= 0.3 is 6.09 Å². The highest BCUT2D eigenvalue weighted by Gasteiger charge is 2.29. The summed E-state index contributed by atoms with van der Waals surface area (Å²) < 4.78 is 11.5. The van der Waals surface area contributed by atoms with Crippen molar-refractivity contribution >= 4 is 29.6 Å². The van der Waals surface area contributed by atoms with E-state index in [9.17, 15) is 9.90 Å². The second kappa shape index (κ2) is 8.26. The normalized spacial score (nSPS) is 16.1. The zero-order valence-electron chi connectivity index (χ0n) is 15.8. The minimum atomic E-state index is -0.268. The molecule has 4 rings (SSSR count). The maximum atomic E-state index is 11.4. The van der Waals surface area contributed by atoms with Gasteiger partial charge in [0.2, 0.25) is 5.88 Å². The van der Waals surface area contributed by atoms with Crippen molar-refractivity contribution in [3.63, 3.8) is 0 Å². The van der Waals surface area contributed by atoms with Crippen molar-refractivity contribution in [2.75, 3.05) is 13.7 Å². The minimum Gasteiger partial charge on any atom is -0.494 e. The maximum Gasteiger partial charge on any atom is 0.409 e. The molecule has 0 bridgehead atoms. The Balaban J connectivity index is 1.36. The Hall–Kier alpha value is -2.84. The summed E-state index contributed by atoms with van der Waals surface area (Å²) in [5.41, 5.74) is 2.18. The van der Waals surface area contributed by atoms with Crippen molar-refractivity contribution in [3.05, 3.63) is 68.5 Å². The van der Waals surface area contributed by atoms with E-state index < -0.39 is 0 Å². The lowest BCUT2D eigenvalue weighted by Gasteiger charge is -2.16. The van der Waals surface area contributed by atoms with Crippen molar-refractivity contribution < 1.29 is 19.4 Å². The summed E-state index contributed by atoms with van der Waals surface area (Å²) in [6.07, 6.45) is 1.09. The highest BCUT2D eigenvalue weighted by atomic mass is 32.1. The molecule has 6 nitrogen and oxygen atoms in total. The Morgan fingerprint density at radius 1 is 1.17 bits per heavy atom. The summed E-state index contributed by atoms with van der Waals surface area (Å²) in [5, 5.41) is 9.82. The number of carbonyl (C=O) groups is 1. The number of rotatable bonds is 6. The van der Waals surface area contributed by atoms with Gasteiger partial charge in [-0.1, -0.05) is 24.3 Å². The number of hydrogen-bond acceptors (Lipinski definition) is 6. The number of cyclic esters (lactones) is 1. The zero-order chi connectivity index (χ0) is 20.4. The number of aromatic nitrogens is 1. The van der Waals surface area contributed by atoms with Crippen molar-refractivity contribution in [1.82, 2.24) is 9.88 Å². The number of benzene rings is 2. The van der Waals surface area contributed by atoms with Gasteiger partial charge in [-0.3, -0.25) is 0 Å². The molecule has 1 unspecified atom stereocenters. The van der Waals surface area contributed by atoms with Crippen molar-refractivity contribution in [1.29, 1.82) is 0 Å². The van der Waals surface area contributed by atoms with Gasteiger partial charge < -0.3 is 24.5 Å². The van der Waals surface area contributed by atoms with Gasteiger partial charge in [0.15, 0.2) is 3.95 Å². The Morgan fingerprint density at radius 3 is 2.31 bits per heavy atom. The highest BCUT2D eigenvalue weighted by Crippen LogP contribution is 2.27. The van der Waals surface area contributed by atoms with E-state index in [4.69, 9.17) is 21.7 Å². The van der Waals surface area contributed by atoms with Crippen LogP contribution in [0.4, 0.5) is 4.79 Å². The van der Waals surface area contributed by atoms with Gasteiger partial charge in [-0.25, -0.2) is 4.79 Å². The summed E-state index contributed by atoms with van der Waals surface area (Å²) >= 11 is 6.43. The number of hydrogen-bond donors (Lipinski definition) is 2. The lowest BCUT2D eigenvalue weighted by atomic mass is 10.1. The van der Waals surface area contributed by atoms with Gasteiger partial charge in [0.05, 0.1) is 10.9 Å². The molecular weight excluding hydrogens is 408 g/mol. The van der Waals surface area contributed by atoms with Crippen LogP contribution in [0.5, 0.6) is 17.4 Å². The molecule has 1 aromatic heterocycles. The number of nitrogens with zero attached hydrogens (tertiary/aromatic N) is 1. The molecule has 1 aliphatic heterocycles. The number of ether oxygens (including phenoxy) is 2. The number of aromatic amines is 1. The molecule has 0 radical (unpaired) electrons. The fourth-order valence-electron chi connectivity index (χ4n) is 3.16. The van der Waals surface area contributed by atoms with Crippen LogP contribution in [0, 0.1) is 3.95 Å². The number of thiazole rings is 1. The summed E-state index contributed by atoms with van der Waals surface area (Å²) in [6, 6.07) is 15.7. The first-order chi connectivity index (χ1) is 14.0. The second-order valence-corrected chi connectivity index (χ2v) is 8.67. The second-order valence-electron chi connectivity index (χ2n) is 6.90.